The Kier molecular flexibility index (Phi) is 7.36. The van der Waals surface area contributed by atoms with Crippen molar-refractivity contribution in [3.8, 4) is 0 Å². The quantitative estimate of drug-likeness (QED) is 0.746. The number of ether oxygens (including phenoxy) is 1. The molecule has 0 saturated carbocycles. The molecular formula is C14H26N2O4. The van der Waals surface area contributed by atoms with Crippen molar-refractivity contribution in [1.82, 2.24) is 10.2 Å². The first kappa shape index (κ1) is 16.8. The van der Waals surface area contributed by atoms with Gasteiger partial charge in [-0.25, -0.2) is 4.79 Å². The number of hydrogen-bond acceptors (Lipinski definition) is 3. The van der Waals surface area contributed by atoms with Gasteiger partial charge < -0.3 is 20.1 Å². The van der Waals surface area contributed by atoms with E-state index in [1.807, 2.05) is 6.92 Å². The first-order valence-electron chi connectivity index (χ1n) is 7.39. The highest BCUT2D eigenvalue weighted by atomic mass is 16.5. The van der Waals surface area contributed by atoms with E-state index in [1.54, 1.807) is 4.90 Å². The first-order chi connectivity index (χ1) is 9.52. The molecule has 0 aromatic carbocycles. The maximum absolute atomic E-state index is 12.0. The number of likely N-dealkylation sites (tertiary alicyclic amines) is 1. The molecule has 1 heterocycles. The van der Waals surface area contributed by atoms with Gasteiger partial charge in [-0.2, -0.15) is 0 Å². The van der Waals surface area contributed by atoms with Gasteiger partial charge in [0.2, 0.25) is 0 Å². The Balaban J connectivity index is 2.29. The number of urea groups is 1. The smallest absolute Gasteiger partial charge is 0.317 e. The van der Waals surface area contributed by atoms with Crippen molar-refractivity contribution in [3.63, 3.8) is 0 Å². The summed E-state index contributed by atoms with van der Waals surface area (Å²) in [6.07, 6.45) is 3.13. The fourth-order valence-electron chi connectivity index (χ4n) is 2.29. The zero-order chi connectivity index (χ0) is 15.0. The Bertz CT molecular complexity index is 322. The average molecular weight is 286 g/mol. The van der Waals surface area contributed by atoms with Gasteiger partial charge in [-0.05, 0) is 25.2 Å². The predicted octanol–water partition coefficient (Wildman–Crippen LogP) is 1.70. The largest absolute Gasteiger partial charge is 0.481 e. The zero-order valence-corrected chi connectivity index (χ0v) is 12.4. The van der Waals surface area contributed by atoms with Crippen LogP contribution in [0.2, 0.25) is 0 Å². The second kappa shape index (κ2) is 8.79. The molecule has 1 rings (SSSR count). The van der Waals surface area contributed by atoms with E-state index in [0.29, 0.717) is 13.1 Å². The molecular weight excluding hydrogens is 260 g/mol. The highest BCUT2D eigenvalue weighted by Gasteiger charge is 2.24. The van der Waals surface area contributed by atoms with Crippen LogP contribution in [0.15, 0.2) is 0 Å². The summed E-state index contributed by atoms with van der Waals surface area (Å²) in [6.45, 7) is 6.37. The maximum atomic E-state index is 12.0. The molecule has 6 heteroatoms. The number of piperidine rings is 1. The number of carbonyl (C=O) groups excluding carboxylic acids is 1. The number of carboxylic acids is 1. The Hall–Kier alpha value is -1.30. The van der Waals surface area contributed by atoms with Crippen molar-refractivity contribution >= 4 is 12.0 Å². The number of nitrogens with one attached hydrogen (secondary N) is 1. The van der Waals surface area contributed by atoms with Gasteiger partial charge in [-0.3, -0.25) is 4.79 Å². The van der Waals surface area contributed by atoms with Crippen molar-refractivity contribution in [2.75, 3.05) is 26.2 Å². The van der Waals surface area contributed by atoms with Crippen LogP contribution in [-0.4, -0.2) is 54.4 Å². The lowest BCUT2D eigenvalue weighted by Gasteiger charge is -2.32. The Labute approximate surface area is 120 Å². The second-order valence-corrected chi connectivity index (χ2v) is 5.47. The lowest BCUT2D eigenvalue weighted by atomic mass is 10.1. The zero-order valence-electron chi connectivity index (χ0n) is 12.4. The van der Waals surface area contributed by atoms with Crippen LogP contribution in [0.4, 0.5) is 4.79 Å². The molecule has 0 aliphatic carbocycles. The van der Waals surface area contributed by atoms with E-state index < -0.39 is 5.97 Å². The van der Waals surface area contributed by atoms with Crippen molar-refractivity contribution in [2.45, 2.75) is 45.6 Å². The minimum Gasteiger partial charge on any atom is -0.481 e. The number of rotatable bonds is 7. The summed E-state index contributed by atoms with van der Waals surface area (Å²) < 4.78 is 5.69. The topological polar surface area (TPSA) is 78.9 Å². The molecule has 2 unspecified atom stereocenters. The van der Waals surface area contributed by atoms with Gasteiger partial charge in [-0.1, -0.05) is 13.8 Å². The summed E-state index contributed by atoms with van der Waals surface area (Å²) in [5, 5.41) is 11.5. The van der Waals surface area contributed by atoms with Crippen LogP contribution < -0.4 is 5.32 Å². The third-order valence-electron chi connectivity index (χ3n) is 3.35. The number of amides is 2. The van der Waals surface area contributed by atoms with Crippen molar-refractivity contribution < 1.29 is 19.4 Å². The number of carbonyl (C=O) groups is 2. The van der Waals surface area contributed by atoms with Crippen LogP contribution in [0, 0.1) is 5.92 Å². The molecule has 0 bridgehead atoms. The lowest BCUT2D eigenvalue weighted by molar-refractivity contribution is -0.137. The minimum atomic E-state index is -0.835. The normalized spacial score (nSPS) is 20.5. The molecule has 2 N–H and O–H groups in total. The van der Waals surface area contributed by atoms with Crippen molar-refractivity contribution in [1.29, 1.82) is 0 Å². The number of aliphatic carboxylic acids is 1. The van der Waals surface area contributed by atoms with Crippen LogP contribution >= 0.6 is 0 Å². The molecule has 1 aliphatic heterocycles. The van der Waals surface area contributed by atoms with E-state index in [4.69, 9.17) is 9.84 Å². The number of carboxylic acid groups (broad SMARTS) is 1. The molecule has 1 fully saturated rings. The van der Waals surface area contributed by atoms with E-state index in [2.05, 4.69) is 12.2 Å². The summed E-state index contributed by atoms with van der Waals surface area (Å²) in [6, 6.07) is -0.118. The third kappa shape index (κ3) is 6.23. The Morgan fingerprint density at radius 2 is 2.25 bits per heavy atom. The van der Waals surface area contributed by atoms with E-state index >= 15 is 0 Å². The van der Waals surface area contributed by atoms with Gasteiger partial charge in [0, 0.05) is 32.7 Å². The van der Waals surface area contributed by atoms with E-state index in [1.165, 1.54) is 0 Å². The van der Waals surface area contributed by atoms with E-state index in [9.17, 15) is 9.59 Å². The van der Waals surface area contributed by atoms with Crippen LogP contribution in [0.5, 0.6) is 0 Å². The van der Waals surface area contributed by atoms with Gasteiger partial charge in [0.1, 0.15) is 0 Å². The fourth-order valence-corrected chi connectivity index (χ4v) is 2.29. The number of nitrogens with zero attached hydrogens (tertiary/aromatic N) is 1. The standard InChI is InChI=1S/C14H26N2O4/c1-3-7-20-12-5-4-6-16(10-12)14(19)15-9-11(2)8-13(17)18/h11-12H,3-10H2,1-2H3,(H,15,19)(H,17,18). The molecule has 2 amide bonds. The molecule has 1 saturated heterocycles. The van der Waals surface area contributed by atoms with Crippen molar-refractivity contribution in [2.24, 2.45) is 5.92 Å². The van der Waals surface area contributed by atoms with E-state index in [0.717, 1.165) is 32.4 Å². The van der Waals surface area contributed by atoms with E-state index in [-0.39, 0.29) is 24.5 Å². The first-order valence-corrected chi connectivity index (χ1v) is 7.39. The lowest BCUT2D eigenvalue weighted by Crippen LogP contribution is -2.48. The monoisotopic (exact) mass is 286 g/mol. The van der Waals surface area contributed by atoms with Crippen LogP contribution in [-0.2, 0) is 9.53 Å². The summed E-state index contributed by atoms with van der Waals surface area (Å²) in [7, 11) is 0. The van der Waals surface area contributed by atoms with Crippen LogP contribution in [0.3, 0.4) is 0 Å². The molecule has 2 atom stereocenters. The highest BCUT2D eigenvalue weighted by Crippen LogP contribution is 2.13. The van der Waals surface area contributed by atoms with Crippen LogP contribution in [0.1, 0.15) is 39.5 Å². The summed E-state index contributed by atoms with van der Waals surface area (Å²) in [4.78, 5) is 24.3. The molecule has 0 aromatic heterocycles. The second-order valence-electron chi connectivity index (χ2n) is 5.47. The Morgan fingerprint density at radius 3 is 2.90 bits per heavy atom. The molecule has 0 aromatic rings. The van der Waals surface area contributed by atoms with Crippen LogP contribution in [0.25, 0.3) is 0 Å². The van der Waals surface area contributed by atoms with Gasteiger partial charge >= 0.3 is 12.0 Å². The average Bonchev–Trinajstić information content (AvgIpc) is 2.42. The highest BCUT2D eigenvalue weighted by molar-refractivity contribution is 5.74. The van der Waals surface area contributed by atoms with Gasteiger partial charge in [0.15, 0.2) is 0 Å². The Morgan fingerprint density at radius 1 is 1.50 bits per heavy atom. The van der Waals surface area contributed by atoms with Crippen molar-refractivity contribution in [3.05, 3.63) is 0 Å². The maximum Gasteiger partial charge on any atom is 0.317 e. The van der Waals surface area contributed by atoms with Gasteiger partial charge in [-0.15, -0.1) is 0 Å². The molecule has 0 spiro atoms. The molecule has 6 nitrogen and oxygen atoms in total. The third-order valence-corrected chi connectivity index (χ3v) is 3.35. The molecule has 1 aliphatic rings. The summed E-state index contributed by atoms with van der Waals surface area (Å²) in [5.41, 5.74) is 0. The minimum absolute atomic E-state index is 0.0617. The molecule has 0 radical (unpaired) electrons. The summed E-state index contributed by atoms with van der Waals surface area (Å²) in [5.74, 6) is -0.897. The molecule has 116 valence electrons. The van der Waals surface area contributed by atoms with Gasteiger partial charge in [0.05, 0.1) is 6.10 Å². The predicted molar refractivity (Wildman–Crippen MR) is 75.7 cm³/mol. The van der Waals surface area contributed by atoms with Gasteiger partial charge in [0.25, 0.3) is 0 Å². The summed E-state index contributed by atoms with van der Waals surface area (Å²) >= 11 is 0. The number of hydrogen-bond donors (Lipinski definition) is 2. The molecule has 20 heavy (non-hydrogen) atoms. The SMILES string of the molecule is CCCOC1CCCN(C(=O)NCC(C)CC(=O)O)C1. The fraction of sp³-hybridized carbons (Fsp3) is 0.857.